The molecule has 3 rings (SSSR count). The van der Waals surface area contributed by atoms with E-state index >= 15 is 0 Å². The number of carbonyl (C=O) groups is 1. The van der Waals surface area contributed by atoms with Crippen LogP contribution in [0.1, 0.15) is 25.0 Å². The minimum atomic E-state index is -0.0706. The van der Waals surface area contributed by atoms with Gasteiger partial charge in [0.1, 0.15) is 18.4 Å². The Morgan fingerprint density at radius 2 is 2.41 bits per heavy atom. The molecule has 2 aromatic rings. The van der Waals surface area contributed by atoms with Gasteiger partial charge in [-0.3, -0.25) is 14.4 Å². The lowest BCUT2D eigenvalue weighted by Crippen LogP contribution is -2.46. The average molecular weight is 304 g/mol. The summed E-state index contributed by atoms with van der Waals surface area (Å²) < 4.78 is 6.77. The van der Waals surface area contributed by atoms with Crippen molar-refractivity contribution in [1.29, 1.82) is 0 Å². The van der Waals surface area contributed by atoms with Crippen molar-refractivity contribution in [2.45, 2.75) is 38.8 Å². The third-order valence-corrected chi connectivity index (χ3v) is 3.86. The minimum absolute atomic E-state index is 0.0706. The van der Waals surface area contributed by atoms with Gasteiger partial charge in [0.25, 0.3) is 0 Å². The van der Waals surface area contributed by atoms with Gasteiger partial charge in [0, 0.05) is 12.1 Å². The predicted molar refractivity (Wildman–Crippen MR) is 79.1 cm³/mol. The van der Waals surface area contributed by atoms with Gasteiger partial charge in [-0.2, -0.15) is 5.10 Å². The molecule has 1 N–H and O–H groups in total. The summed E-state index contributed by atoms with van der Waals surface area (Å²) in [6.45, 7) is 3.83. The zero-order chi connectivity index (χ0) is 15.4. The van der Waals surface area contributed by atoms with Crippen LogP contribution in [0.5, 0.6) is 0 Å². The molecule has 1 unspecified atom stereocenters. The molecule has 0 saturated carbocycles. The first kappa shape index (κ1) is 14.7. The summed E-state index contributed by atoms with van der Waals surface area (Å²) in [6, 6.07) is 2.02. The van der Waals surface area contributed by atoms with E-state index < -0.39 is 0 Å². The van der Waals surface area contributed by atoms with Crippen LogP contribution in [-0.2, 0) is 11.3 Å². The summed E-state index contributed by atoms with van der Waals surface area (Å²) in [7, 11) is 0. The van der Waals surface area contributed by atoms with Crippen molar-refractivity contribution in [3.8, 4) is 0 Å². The molecule has 1 aliphatic heterocycles. The van der Waals surface area contributed by atoms with E-state index in [1.807, 2.05) is 4.68 Å². The van der Waals surface area contributed by atoms with Crippen LogP contribution < -0.4 is 5.32 Å². The monoisotopic (exact) mass is 304 g/mol. The number of hydrogen-bond donors (Lipinski definition) is 1. The van der Waals surface area contributed by atoms with E-state index in [1.165, 1.54) is 12.7 Å². The fourth-order valence-corrected chi connectivity index (χ4v) is 2.81. The van der Waals surface area contributed by atoms with Gasteiger partial charge >= 0.3 is 0 Å². The molecule has 1 atom stereocenters. The number of amides is 1. The van der Waals surface area contributed by atoms with Crippen molar-refractivity contribution in [2.24, 2.45) is 0 Å². The zero-order valence-corrected chi connectivity index (χ0v) is 12.6. The first-order valence-corrected chi connectivity index (χ1v) is 7.50. The normalized spacial score (nSPS) is 19.2. The topological polar surface area (TPSA) is 89.1 Å². The van der Waals surface area contributed by atoms with Crippen molar-refractivity contribution in [3.05, 3.63) is 24.5 Å². The zero-order valence-electron chi connectivity index (χ0n) is 12.6. The van der Waals surface area contributed by atoms with Gasteiger partial charge in [-0.05, 0) is 26.3 Å². The molecule has 22 heavy (non-hydrogen) atoms. The Hall–Kier alpha value is -2.22. The molecule has 1 amide bonds. The number of piperidine rings is 1. The summed E-state index contributed by atoms with van der Waals surface area (Å²) in [6.07, 6.45) is 6.61. The van der Waals surface area contributed by atoms with E-state index in [0.717, 1.165) is 25.9 Å². The molecule has 8 nitrogen and oxygen atoms in total. The van der Waals surface area contributed by atoms with Gasteiger partial charge in [0.15, 0.2) is 5.82 Å². The lowest BCUT2D eigenvalue weighted by molar-refractivity contribution is -0.118. The highest BCUT2D eigenvalue weighted by molar-refractivity contribution is 5.91. The lowest BCUT2D eigenvalue weighted by Gasteiger charge is -2.34. The summed E-state index contributed by atoms with van der Waals surface area (Å²) in [4.78, 5) is 18.3. The Bertz CT molecular complexity index is 609. The fourth-order valence-electron chi connectivity index (χ4n) is 2.81. The van der Waals surface area contributed by atoms with Crippen LogP contribution in [0, 0.1) is 6.92 Å². The Labute approximate surface area is 128 Å². The van der Waals surface area contributed by atoms with Crippen molar-refractivity contribution in [1.82, 2.24) is 24.8 Å². The highest BCUT2D eigenvalue weighted by Crippen LogP contribution is 2.18. The van der Waals surface area contributed by atoms with Crippen LogP contribution in [-0.4, -0.2) is 49.9 Å². The first-order valence-electron chi connectivity index (χ1n) is 7.50. The van der Waals surface area contributed by atoms with E-state index in [9.17, 15) is 4.79 Å². The largest absolute Gasteiger partial charge is 0.360 e. The van der Waals surface area contributed by atoms with E-state index in [1.54, 1.807) is 19.3 Å². The number of likely N-dealkylation sites (tertiary alicyclic amines) is 1. The Balaban J connectivity index is 1.57. The molecule has 0 spiro atoms. The summed E-state index contributed by atoms with van der Waals surface area (Å²) in [5, 5.41) is 10.7. The van der Waals surface area contributed by atoms with Gasteiger partial charge in [0.05, 0.1) is 13.1 Å². The Morgan fingerprint density at radius 3 is 3.14 bits per heavy atom. The molecular weight excluding hydrogens is 284 g/mol. The van der Waals surface area contributed by atoms with E-state index in [2.05, 4.69) is 25.5 Å². The second-order valence-electron chi connectivity index (χ2n) is 5.61. The summed E-state index contributed by atoms with van der Waals surface area (Å²) >= 11 is 0. The molecule has 0 bridgehead atoms. The molecule has 118 valence electrons. The van der Waals surface area contributed by atoms with Crippen LogP contribution in [0.25, 0.3) is 0 Å². The second kappa shape index (κ2) is 6.69. The molecule has 3 heterocycles. The number of carbonyl (C=O) groups excluding carboxylic acids is 1. The molecule has 0 aliphatic carbocycles. The van der Waals surface area contributed by atoms with Gasteiger partial charge < -0.3 is 9.84 Å². The van der Waals surface area contributed by atoms with Crippen LogP contribution >= 0.6 is 0 Å². The maximum atomic E-state index is 12.2. The van der Waals surface area contributed by atoms with Gasteiger partial charge in [-0.15, -0.1) is 0 Å². The molecule has 8 heteroatoms. The molecule has 2 aromatic heterocycles. The highest BCUT2D eigenvalue weighted by atomic mass is 16.5. The molecule has 1 saturated heterocycles. The third-order valence-electron chi connectivity index (χ3n) is 3.86. The highest BCUT2D eigenvalue weighted by Gasteiger charge is 2.25. The molecule has 0 aromatic carbocycles. The maximum Gasteiger partial charge on any atom is 0.239 e. The first-order chi connectivity index (χ1) is 10.7. The minimum Gasteiger partial charge on any atom is -0.360 e. The SMILES string of the molecule is Cc1cc(NC(=O)CN2CCCCC2Cn2cncn2)no1. The van der Waals surface area contributed by atoms with Crippen molar-refractivity contribution >= 4 is 11.7 Å². The summed E-state index contributed by atoms with van der Waals surface area (Å²) in [5.74, 6) is 1.07. The van der Waals surface area contributed by atoms with Gasteiger partial charge in [-0.25, -0.2) is 4.98 Å². The number of nitrogens with one attached hydrogen (secondary N) is 1. The van der Waals surface area contributed by atoms with Crippen molar-refractivity contribution in [2.75, 3.05) is 18.4 Å². The Morgan fingerprint density at radius 1 is 1.50 bits per heavy atom. The molecule has 1 aliphatic rings. The smallest absolute Gasteiger partial charge is 0.239 e. The van der Waals surface area contributed by atoms with Crippen molar-refractivity contribution in [3.63, 3.8) is 0 Å². The maximum absolute atomic E-state index is 12.2. The van der Waals surface area contributed by atoms with E-state index in [0.29, 0.717) is 24.2 Å². The van der Waals surface area contributed by atoms with Crippen LogP contribution in [0.4, 0.5) is 5.82 Å². The average Bonchev–Trinajstić information content (AvgIpc) is 3.13. The predicted octanol–water partition coefficient (Wildman–Crippen LogP) is 1.07. The molecular formula is C14H20N6O2. The number of hydrogen-bond acceptors (Lipinski definition) is 6. The summed E-state index contributed by atoms with van der Waals surface area (Å²) in [5.41, 5.74) is 0. The standard InChI is InChI=1S/C14H20N6O2/c1-11-6-13(18-22-11)17-14(21)8-19-5-3-2-4-12(19)7-20-10-15-9-16-20/h6,9-10,12H,2-5,7-8H2,1H3,(H,17,18,21). The van der Waals surface area contributed by atoms with E-state index in [-0.39, 0.29) is 5.91 Å². The van der Waals surface area contributed by atoms with Crippen molar-refractivity contribution < 1.29 is 9.32 Å². The van der Waals surface area contributed by atoms with E-state index in [4.69, 9.17) is 4.52 Å². The number of nitrogens with zero attached hydrogens (tertiary/aromatic N) is 5. The molecule has 0 radical (unpaired) electrons. The number of rotatable bonds is 5. The fraction of sp³-hybridized carbons (Fsp3) is 0.571. The van der Waals surface area contributed by atoms with Crippen LogP contribution in [0.2, 0.25) is 0 Å². The van der Waals surface area contributed by atoms with Gasteiger partial charge in [0.2, 0.25) is 5.91 Å². The number of aromatic nitrogens is 4. The molecule has 1 fully saturated rings. The van der Waals surface area contributed by atoms with Crippen LogP contribution in [0.3, 0.4) is 0 Å². The Kier molecular flexibility index (Phi) is 4.47. The third kappa shape index (κ3) is 3.70. The van der Waals surface area contributed by atoms with Gasteiger partial charge in [-0.1, -0.05) is 11.6 Å². The number of anilines is 1. The lowest BCUT2D eigenvalue weighted by atomic mass is 10.0. The van der Waals surface area contributed by atoms with Crippen LogP contribution in [0.15, 0.2) is 23.2 Å². The number of aryl methyl sites for hydroxylation is 1. The second-order valence-corrected chi connectivity index (χ2v) is 5.61. The quantitative estimate of drug-likeness (QED) is 0.888.